The monoisotopic (exact) mass is 495 g/mol. The fourth-order valence-corrected chi connectivity index (χ4v) is 4.58. The first-order valence-corrected chi connectivity index (χ1v) is 12.2. The Morgan fingerprint density at radius 3 is 2.22 bits per heavy atom. The molecule has 2 aromatic carbocycles. The number of carbonyl (C=O) groups excluding carboxylic acids is 4. The molecule has 1 aliphatic heterocycles. The molecule has 0 N–H and O–H groups in total. The molecule has 1 fully saturated rings. The van der Waals surface area contributed by atoms with E-state index in [1.807, 2.05) is 42.5 Å². The molecule has 8 heteroatoms. The summed E-state index contributed by atoms with van der Waals surface area (Å²) in [6.45, 7) is 3.75. The number of benzene rings is 2. The highest BCUT2D eigenvalue weighted by Crippen LogP contribution is 2.36. The number of ketones is 1. The van der Waals surface area contributed by atoms with E-state index >= 15 is 0 Å². The average molecular weight is 496 g/mol. The van der Waals surface area contributed by atoms with Crippen molar-refractivity contribution in [3.63, 3.8) is 0 Å². The lowest BCUT2D eigenvalue weighted by molar-refractivity contribution is -0.150. The first-order valence-electron chi connectivity index (χ1n) is 12.2. The Hall–Kier alpha value is -3.68. The summed E-state index contributed by atoms with van der Waals surface area (Å²) in [5, 5.41) is 0. The van der Waals surface area contributed by atoms with Gasteiger partial charge in [-0.3, -0.25) is 14.5 Å². The lowest BCUT2D eigenvalue weighted by Gasteiger charge is -2.25. The van der Waals surface area contributed by atoms with Crippen LogP contribution in [-0.2, 0) is 36.8 Å². The molecule has 2 aromatic rings. The van der Waals surface area contributed by atoms with Crippen LogP contribution >= 0.6 is 0 Å². The van der Waals surface area contributed by atoms with Crippen molar-refractivity contribution in [1.82, 2.24) is 4.90 Å². The Morgan fingerprint density at radius 2 is 1.61 bits per heavy atom. The van der Waals surface area contributed by atoms with Gasteiger partial charge in [0.1, 0.15) is 12.6 Å². The van der Waals surface area contributed by atoms with Crippen molar-refractivity contribution >= 4 is 23.8 Å². The summed E-state index contributed by atoms with van der Waals surface area (Å²) in [7, 11) is 1.24. The number of nitrogens with zero attached hydrogens (tertiary/aromatic N) is 1. The SMILES string of the molecule is CCCc1ccc(C(=O)[C@H]2CN(C(=O)OCc3ccccc3)[C@H](C(=O)OCC)[C@H]2CC(=O)OC)cc1. The second-order valence-corrected chi connectivity index (χ2v) is 8.75. The molecule has 1 saturated heterocycles. The van der Waals surface area contributed by atoms with Gasteiger partial charge in [-0.05, 0) is 24.5 Å². The number of methoxy groups -OCH3 is 1. The van der Waals surface area contributed by atoms with Gasteiger partial charge in [-0.2, -0.15) is 0 Å². The van der Waals surface area contributed by atoms with Crippen LogP contribution in [0.3, 0.4) is 0 Å². The molecule has 0 bridgehead atoms. The van der Waals surface area contributed by atoms with Crippen LogP contribution in [0.2, 0.25) is 0 Å². The number of Topliss-reactive ketones (excluding diaryl/α,β-unsaturated/α-hetero) is 1. The Balaban J connectivity index is 1.90. The molecule has 0 unspecified atom stereocenters. The maximum absolute atomic E-state index is 13.6. The lowest BCUT2D eigenvalue weighted by Crippen LogP contribution is -2.45. The fourth-order valence-electron chi connectivity index (χ4n) is 4.58. The fraction of sp³-hybridized carbons (Fsp3) is 0.429. The molecule has 1 heterocycles. The first-order chi connectivity index (χ1) is 17.4. The highest BCUT2D eigenvalue weighted by Gasteiger charge is 2.52. The third-order valence-electron chi connectivity index (χ3n) is 6.36. The Bertz CT molecular complexity index is 1050. The van der Waals surface area contributed by atoms with E-state index in [1.165, 1.54) is 12.0 Å². The van der Waals surface area contributed by atoms with Gasteiger partial charge < -0.3 is 14.2 Å². The van der Waals surface area contributed by atoms with Crippen LogP contribution in [0.25, 0.3) is 0 Å². The maximum Gasteiger partial charge on any atom is 0.410 e. The molecular weight excluding hydrogens is 462 g/mol. The van der Waals surface area contributed by atoms with Gasteiger partial charge in [0, 0.05) is 23.9 Å². The van der Waals surface area contributed by atoms with Crippen LogP contribution in [0, 0.1) is 11.8 Å². The summed E-state index contributed by atoms with van der Waals surface area (Å²) in [6.07, 6.45) is 0.917. The molecule has 36 heavy (non-hydrogen) atoms. The van der Waals surface area contributed by atoms with Crippen molar-refractivity contribution in [2.45, 2.75) is 45.8 Å². The van der Waals surface area contributed by atoms with E-state index in [-0.39, 0.29) is 32.0 Å². The Labute approximate surface area is 211 Å². The van der Waals surface area contributed by atoms with Gasteiger partial charge in [0.05, 0.1) is 20.1 Å². The number of hydrogen-bond acceptors (Lipinski definition) is 7. The Kier molecular flexibility index (Phi) is 9.61. The van der Waals surface area contributed by atoms with Crippen molar-refractivity contribution < 1.29 is 33.4 Å². The van der Waals surface area contributed by atoms with Crippen molar-refractivity contribution in [1.29, 1.82) is 0 Å². The van der Waals surface area contributed by atoms with E-state index in [9.17, 15) is 19.2 Å². The summed E-state index contributed by atoms with van der Waals surface area (Å²) in [4.78, 5) is 53.2. The number of esters is 2. The zero-order valence-electron chi connectivity index (χ0n) is 21.0. The van der Waals surface area contributed by atoms with Crippen LogP contribution in [0.15, 0.2) is 54.6 Å². The number of hydrogen-bond donors (Lipinski definition) is 0. The first kappa shape index (κ1) is 26.9. The van der Waals surface area contributed by atoms with E-state index in [0.717, 1.165) is 24.0 Å². The molecule has 0 spiro atoms. The van der Waals surface area contributed by atoms with Crippen LogP contribution in [0.4, 0.5) is 4.79 Å². The lowest BCUT2D eigenvalue weighted by atomic mass is 9.82. The molecule has 1 amide bonds. The second kappa shape index (κ2) is 12.9. The van der Waals surface area contributed by atoms with Crippen molar-refractivity contribution in [2.75, 3.05) is 20.3 Å². The number of aryl methyl sites for hydroxylation is 1. The van der Waals surface area contributed by atoms with Crippen molar-refractivity contribution in [3.05, 3.63) is 71.3 Å². The molecule has 0 saturated carbocycles. The molecule has 8 nitrogen and oxygen atoms in total. The van der Waals surface area contributed by atoms with Crippen LogP contribution < -0.4 is 0 Å². The third-order valence-corrected chi connectivity index (χ3v) is 6.36. The quantitative estimate of drug-likeness (QED) is 0.277. The van der Waals surface area contributed by atoms with Gasteiger partial charge in [-0.25, -0.2) is 9.59 Å². The molecule has 3 rings (SSSR count). The predicted octanol–water partition coefficient (Wildman–Crippen LogP) is 4.20. The van der Waals surface area contributed by atoms with E-state index < -0.39 is 35.9 Å². The van der Waals surface area contributed by atoms with Gasteiger partial charge in [-0.15, -0.1) is 0 Å². The number of ether oxygens (including phenoxy) is 3. The number of carbonyl (C=O) groups is 4. The van der Waals surface area contributed by atoms with Gasteiger partial charge in [-0.1, -0.05) is 67.9 Å². The van der Waals surface area contributed by atoms with Gasteiger partial charge in [0.2, 0.25) is 0 Å². The predicted molar refractivity (Wildman–Crippen MR) is 132 cm³/mol. The van der Waals surface area contributed by atoms with E-state index in [0.29, 0.717) is 5.56 Å². The average Bonchev–Trinajstić information content (AvgIpc) is 3.27. The minimum absolute atomic E-state index is 0.00485. The molecule has 1 aliphatic rings. The summed E-state index contributed by atoms with van der Waals surface area (Å²) in [6, 6.07) is 15.3. The van der Waals surface area contributed by atoms with Crippen LogP contribution in [0.5, 0.6) is 0 Å². The summed E-state index contributed by atoms with van der Waals surface area (Å²) in [5.41, 5.74) is 2.35. The van der Waals surface area contributed by atoms with Gasteiger partial charge >= 0.3 is 18.0 Å². The second-order valence-electron chi connectivity index (χ2n) is 8.75. The van der Waals surface area contributed by atoms with Crippen molar-refractivity contribution in [2.24, 2.45) is 11.8 Å². The molecule has 0 aromatic heterocycles. The molecule has 0 aliphatic carbocycles. The van der Waals surface area contributed by atoms with Crippen LogP contribution in [-0.4, -0.2) is 55.0 Å². The minimum atomic E-state index is -1.15. The largest absolute Gasteiger partial charge is 0.469 e. The number of rotatable bonds is 10. The summed E-state index contributed by atoms with van der Waals surface area (Å²) < 4.78 is 15.6. The Morgan fingerprint density at radius 1 is 0.917 bits per heavy atom. The normalized spacial score (nSPS) is 19.0. The highest BCUT2D eigenvalue weighted by atomic mass is 16.6. The number of amides is 1. The highest BCUT2D eigenvalue weighted by molar-refractivity contribution is 6.00. The zero-order chi connectivity index (χ0) is 26.1. The van der Waals surface area contributed by atoms with Crippen molar-refractivity contribution in [3.8, 4) is 0 Å². The van der Waals surface area contributed by atoms with Crippen LogP contribution in [0.1, 0.15) is 48.2 Å². The molecule has 192 valence electrons. The summed E-state index contributed by atoms with van der Waals surface area (Å²) in [5.74, 6) is -3.13. The molecule has 0 radical (unpaired) electrons. The van der Waals surface area contributed by atoms with E-state index in [1.54, 1.807) is 19.1 Å². The molecular formula is C28H33NO7. The van der Waals surface area contributed by atoms with Gasteiger partial charge in [0.15, 0.2) is 5.78 Å². The third kappa shape index (κ3) is 6.50. The minimum Gasteiger partial charge on any atom is -0.469 e. The standard InChI is InChI=1S/C28H33NO7/c1-4-9-19-12-14-21(15-13-19)26(31)23-17-29(28(33)36-18-20-10-7-6-8-11-20)25(27(32)35-5-2)22(23)16-24(30)34-3/h6-8,10-15,22-23,25H,4-5,9,16-18H2,1-3H3/t22-,23-,25-/m0/s1. The zero-order valence-corrected chi connectivity index (χ0v) is 21.0. The topological polar surface area (TPSA) is 99.2 Å². The summed E-state index contributed by atoms with van der Waals surface area (Å²) >= 11 is 0. The molecule has 3 atom stereocenters. The number of likely N-dealkylation sites (tertiary alicyclic amines) is 1. The van der Waals surface area contributed by atoms with E-state index in [4.69, 9.17) is 14.2 Å². The van der Waals surface area contributed by atoms with E-state index in [2.05, 4.69) is 6.92 Å². The smallest absolute Gasteiger partial charge is 0.410 e. The van der Waals surface area contributed by atoms with Gasteiger partial charge in [0.25, 0.3) is 0 Å². The maximum atomic E-state index is 13.6.